The third kappa shape index (κ3) is 1.60. The van der Waals surface area contributed by atoms with Crippen LogP contribution in [0.25, 0.3) is 0 Å². The molecule has 0 aliphatic carbocycles. The Bertz CT molecular complexity index is 386. The van der Waals surface area contributed by atoms with E-state index in [4.69, 9.17) is 0 Å². The van der Waals surface area contributed by atoms with Crippen molar-refractivity contribution in [2.75, 3.05) is 0 Å². The minimum absolute atomic E-state index is 0.176. The van der Waals surface area contributed by atoms with Gasteiger partial charge in [0.15, 0.2) is 0 Å². The van der Waals surface area contributed by atoms with E-state index >= 15 is 0 Å². The molecule has 0 unspecified atom stereocenters. The lowest BCUT2D eigenvalue weighted by Gasteiger charge is -2.08. The fourth-order valence-electron chi connectivity index (χ4n) is 1.68. The average molecular weight is 194 g/mol. The molecule has 0 aromatic carbocycles. The molecule has 0 amide bonds. The van der Waals surface area contributed by atoms with Gasteiger partial charge in [0.25, 0.3) is 5.69 Å². The lowest BCUT2D eigenvalue weighted by molar-refractivity contribution is -0.386. The molecule has 76 valence electrons. The summed E-state index contributed by atoms with van der Waals surface area (Å²) in [4.78, 5) is 14.7. The van der Waals surface area contributed by atoms with Crippen molar-refractivity contribution >= 4 is 5.69 Å². The molecule has 1 aromatic rings. The van der Waals surface area contributed by atoms with E-state index in [-0.39, 0.29) is 10.6 Å². The number of nitrogens with zero attached hydrogens (tertiary/aromatic N) is 2. The molecule has 0 atom stereocenters. The van der Waals surface area contributed by atoms with Crippen molar-refractivity contribution < 1.29 is 4.92 Å². The molecule has 0 fully saturated rings. The first-order valence-electron chi connectivity index (χ1n) is 4.60. The standard InChI is InChI=1S/C10H14N2O2/c1-5-9-6(2)7(3)11-8(4)10(9)12(13)14/h5H2,1-4H3. The minimum Gasteiger partial charge on any atom is -0.258 e. The van der Waals surface area contributed by atoms with E-state index in [0.717, 1.165) is 16.8 Å². The Morgan fingerprint density at radius 2 is 1.86 bits per heavy atom. The van der Waals surface area contributed by atoms with E-state index in [9.17, 15) is 10.1 Å². The van der Waals surface area contributed by atoms with E-state index < -0.39 is 0 Å². The summed E-state index contributed by atoms with van der Waals surface area (Å²) in [6.07, 6.45) is 0.673. The topological polar surface area (TPSA) is 56.0 Å². The van der Waals surface area contributed by atoms with Gasteiger partial charge in [0.2, 0.25) is 0 Å². The van der Waals surface area contributed by atoms with Gasteiger partial charge in [0.05, 0.1) is 4.92 Å². The Morgan fingerprint density at radius 1 is 1.29 bits per heavy atom. The van der Waals surface area contributed by atoms with E-state index in [1.165, 1.54) is 0 Å². The van der Waals surface area contributed by atoms with Gasteiger partial charge in [-0.05, 0) is 32.8 Å². The quantitative estimate of drug-likeness (QED) is 0.536. The number of hydrogen-bond donors (Lipinski definition) is 0. The smallest absolute Gasteiger partial charge is 0.258 e. The third-order valence-electron chi connectivity index (χ3n) is 2.50. The maximum atomic E-state index is 10.8. The van der Waals surface area contributed by atoms with Crippen molar-refractivity contribution in [1.29, 1.82) is 0 Å². The zero-order valence-corrected chi connectivity index (χ0v) is 8.92. The molecule has 0 aliphatic rings. The predicted molar refractivity (Wildman–Crippen MR) is 54.5 cm³/mol. The molecule has 0 saturated carbocycles. The van der Waals surface area contributed by atoms with E-state index in [2.05, 4.69) is 4.98 Å². The highest BCUT2D eigenvalue weighted by atomic mass is 16.6. The monoisotopic (exact) mass is 194 g/mol. The van der Waals surface area contributed by atoms with Crippen LogP contribution in [0.3, 0.4) is 0 Å². The van der Waals surface area contributed by atoms with Gasteiger partial charge in [-0.25, -0.2) is 0 Å². The van der Waals surface area contributed by atoms with Crippen LogP contribution < -0.4 is 0 Å². The lowest BCUT2D eigenvalue weighted by atomic mass is 10.0. The third-order valence-corrected chi connectivity index (χ3v) is 2.50. The molecular weight excluding hydrogens is 180 g/mol. The normalized spacial score (nSPS) is 10.3. The Morgan fingerprint density at radius 3 is 2.29 bits per heavy atom. The molecule has 1 heterocycles. The predicted octanol–water partition coefficient (Wildman–Crippen LogP) is 2.48. The van der Waals surface area contributed by atoms with Crippen molar-refractivity contribution in [3.05, 3.63) is 32.6 Å². The van der Waals surface area contributed by atoms with Crippen LogP contribution in [0.4, 0.5) is 5.69 Å². The number of rotatable bonds is 2. The SMILES string of the molecule is CCc1c(C)c(C)nc(C)c1[N+](=O)[O-]. The van der Waals surface area contributed by atoms with Gasteiger partial charge < -0.3 is 0 Å². The molecule has 4 nitrogen and oxygen atoms in total. The van der Waals surface area contributed by atoms with Crippen LogP contribution >= 0.6 is 0 Å². The van der Waals surface area contributed by atoms with Crippen LogP contribution in [0, 0.1) is 30.9 Å². The van der Waals surface area contributed by atoms with E-state index in [1.54, 1.807) is 6.92 Å². The zero-order valence-electron chi connectivity index (χ0n) is 8.92. The molecule has 0 bridgehead atoms. The number of nitro groups is 1. The molecule has 14 heavy (non-hydrogen) atoms. The van der Waals surface area contributed by atoms with Crippen molar-refractivity contribution in [2.45, 2.75) is 34.1 Å². The summed E-state index contributed by atoms with van der Waals surface area (Å²) in [5, 5.41) is 10.8. The number of aromatic nitrogens is 1. The Hall–Kier alpha value is -1.45. The molecule has 1 rings (SSSR count). The molecule has 0 spiro atoms. The highest BCUT2D eigenvalue weighted by Crippen LogP contribution is 2.26. The fraction of sp³-hybridized carbons (Fsp3) is 0.500. The van der Waals surface area contributed by atoms with Crippen molar-refractivity contribution in [3.8, 4) is 0 Å². The highest BCUT2D eigenvalue weighted by Gasteiger charge is 2.20. The number of aryl methyl sites for hydroxylation is 2. The molecule has 0 aliphatic heterocycles. The molecular formula is C10H14N2O2. The molecule has 1 aromatic heterocycles. The maximum absolute atomic E-state index is 10.8. The Labute approximate surface area is 83.1 Å². The van der Waals surface area contributed by atoms with Crippen LogP contribution in [0.5, 0.6) is 0 Å². The molecule has 0 radical (unpaired) electrons. The first kappa shape index (κ1) is 10.6. The van der Waals surface area contributed by atoms with Crippen molar-refractivity contribution in [3.63, 3.8) is 0 Å². The van der Waals surface area contributed by atoms with Gasteiger partial charge in [-0.15, -0.1) is 0 Å². The summed E-state index contributed by atoms with van der Waals surface area (Å²) < 4.78 is 0. The Balaban J connectivity index is 3.55. The van der Waals surface area contributed by atoms with Gasteiger partial charge in [-0.3, -0.25) is 15.1 Å². The first-order chi connectivity index (χ1) is 6.49. The average Bonchev–Trinajstić information content (AvgIpc) is 2.09. The van der Waals surface area contributed by atoms with E-state index in [1.807, 2.05) is 20.8 Å². The van der Waals surface area contributed by atoms with Gasteiger partial charge in [0, 0.05) is 11.3 Å². The van der Waals surface area contributed by atoms with Crippen molar-refractivity contribution in [1.82, 2.24) is 4.98 Å². The second-order valence-corrected chi connectivity index (χ2v) is 3.35. The van der Waals surface area contributed by atoms with Crippen molar-refractivity contribution in [2.24, 2.45) is 0 Å². The van der Waals surface area contributed by atoms with Gasteiger partial charge in [-0.2, -0.15) is 0 Å². The van der Waals surface area contributed by atoms with Gasteiger partial charge >= 0.3 is 0 Å². The van der Waals surface area contributed by atoms with Gasteiger partial charge in [0.1, 0.15) is 5.69 Å². The van der Waals surface area contributed by atoms with Crippen LogP contribution in [-0.4, -0.2) is 9.91 Å². The largest absolute Gasteiger partial charge is 0.293 e. The second kappa shape index (κ2) is 3.74. The van der Waals surface area contributed by atoms with E-state index in [0.29, 0.717) is 12.1 Å². The Kier molecular flexibility index (Phi) is 2.84. The summed E-state index contributed by atoms with van der Waals surface area (Å²) in [6.45, 7) is 7.37. The summed E-state index contributed by atoms with van der Waals surface area (Å²) in [5.41, 5.74) is 3.31. The van der Waals surface area contributed by atoms with Crippen LogP contribution in [0.1, 0.15) is 29.4 Å². The second-order valence-electron chi connectivity index (χ2n) is 3.35. The van der Waals surface area contributed by atoms with Crippen LogP contribution in [-0.2, 0) is 6.42 Å². The van der Waals surface area contributed by atoms with Crippen LogP contribution in [0.15, 0.2) is 0 Å². The summed E-state index contributed by atoms with van der Waals surface area (Å²) in [5.74, 6) is 0. The summed E-state index contributed by atoms with van der Waals surface area (Å²) in [7, 11) is 0. The number of hydrogen-bond acceptors (Lipinski definition) is 3. The molecule has 0 saturated heterocycles. The number of pyridine rings is 1. The maximum Gasteiger partial charge on any atom is 0.293 e. The highest BCUT2D eigenvalue weighted by molar-refractivity contribution is 5.49. The molecule has 0 N–H and O–H groups in total. The summed E-state index contributed by atoms with van der Waals surface area (Å²) in [6, 6.07) is 0. The lowest BCUT2D eigenvalue weighted by Crippen LogP contribution is -2.04. The first-order valence-corrected chi connectivity index (χ1v) is 4.60. The zero-order chi connectivity index (χ0) is 10.9. The molecule has 4 heteroatoms. The van der Waals surface area contributed by atoms with Crippen LogP contribution in [0.2, 0.25) is 0 Å². The van der Waals surface area contributed by atoms with Gasteiger partial charge in [-0.1, -0.05) is 6.92 Å². The summed E-state index contributed by atoms with van der Waals surface area (Å²) >= 11 is 0. The fourth-order valence-corrected chi connectivity index (χ4v) is 1.68. The minimum atomic E-state index is -0.340.